The third kappa shape index (κ3) is 6.24. The molecule has 0 aliphatic rings. The number of rotatable bonds is 7. The fraction of sp³-hybridized carbons (Fsp3) is 0. The Morgan fingerprint density at radius 1 is 0.288 bits per heavy atom. The summed E-state index contributed by atoms with van der Waals surface area (Å²) < 4.78 is 2.20. The second-order valence-electron chi connectivity index (χ2n) is 14.8. The molecule has 0 spiro atoms. The van der Waals surface area contributed by atoms with Crippen LogP contribution in [0.2, 0.25) is 0 Å². The van der Waals surface area contributed by atoms with E-state index in [0.29, 0.717) is 17.6 Å². The molecule has 0 fully saturated rings. The van der Waals surface area contributed by atoms with Crippen molar-refractivity contribution in [1.82, 2.24) is 19.5 Å². The Morgan fingerprint density at radius 3 is 1.17 bits per heavy atom. The molecule has 4 heteroatoms. The first-order valence-corrected chi connectivity index (χ1v) is 19.9. The fourth-order valence-electron chi connectivity index (χ4n) is 8.41. The molecule has 0 N–H and O–H groups in total. The van der Waals surface area contributed by atoms with Gasteiger partial charge in [-0.3, -0.25) is 4.57 Å². The molecule has 276 valence electrons. The molecule has 0 radical (unpaired) electrons. The summed E-state index contributed by atoms with van der Waals surface area (Å²) in [6.45, 7) is 0. The summed E-state index contributed by atoms with van der Waals surface area (Å²) >= 11 is 0. The van der Waals surface area contributed by atoms with Crippen LogP contribution in [0.3, 0.4) is 0 Å². The van der Waals surface area contributed by atoms with Crippen molar-refractivity contribution in [2.75, 3.05) is 0 Å². The van der Waals surface area contributed by atoms with Gasteiger partial charge in [0.1, 0.15) is 0 Å². The van der Waals surface area contributed by atoms with Crippen LogP contribution in [0.25, 0.3) is 106 Å². The second-order valence-corrected chi connectivity index (χ2v) is 14.8. The maximum Gasteiger partial charge on any atom is 0.238 e. The molecular weight excluding hydrogens is 717 g/mol. The van der Waals surface area contributed by atoms with Crippen LogP contribution in [0.5, 0.6) is 0 Å². The molecule has 2 aromatic heterocycles. The smallest absolute Gasteiger partial charge is 0.238 e. The Morgan fingerprint density at radius 2 is 0.678 bits per heavy atom. The molecule has 9 aromatic carbocycles. The Hall–Kier alpha value is -7.95. The van der Waals surface area contributed by atoms with Crippen LogP contribution in [0.15, 0.2) is 218 Å². The predicted octanol–water partition coefficient (Wildman–Crippen LogP) is 14.1. The molecule has 0 saturated carbocycles. The Bertz CT molecular complexity index is 3180. The van der Waals surface area contributed by atoms with Gasteiger partial charge in [0.25, 0.3) is 0 Å². The van der Waals surface area contributed by atoms with Gasteiger partial charge in [-0.2, -0.15) is 9.97 Å². The highest BCUT2D eigenvalue weighted by atomic mass is 15.2. The van der Waals surface area contributed by atoms with Crippen LogP contribution < -0.4 is 0 Å². The van der Waals surface area contributed by atoms with Crippen LogP contribution in [0.1, 0.15) is 0 Å². The van der Waals surface area contributed by atoms with Gasteiger partial charge in [0.15, 0.2) is 11.6 Å². The topological polar surface area (TPSA) is 43.6 Å². The lowest BCUT2D eigenvalue weighted by Gasteiger charge is -2.14. The van der Waals surface area contributed by atoms with Crippen molar-refractivity contribution in [2.45, 2.75) is 0 Å². The third-order valence-corrected chi connectivity index (χ3v) is 11.3. The van der Waals surface area contributed by atoms with Gasteiger partial charge in [-0.05, 0) is 79.5 Å². The van der Waals surface area contributed by atoms with E-state index < -0.39 is 0 Å². The quantitative estimate of drug-likeness (QED) is 0.163. The lowest BCUT2D eigenvalue weighted by molar-refractivity contribution is 0.953. The average Bonchev–Trinajstić information content (AvgIpc) is 3.65. The van der Waals surface area contributed by atoms with Crippen molar-refractivity contribution in [2.24, 2.45) is 0 Å². The van der Waals surface area contributed by atoms with E-state index in [9.17, 15) is 0 Å². The summed E-state index contributed by atoms with van der Waals surface area (Å²) in [4.78, 5) is 15.6. The first-order valence-electron chi connectivity index (χ1n) is 19.9. The minimum Gasteiger partial charge on any atom is -0.278 e. The van der Waals surface area contributed by atoms with Gasteiger partial charge in [-0.1, -0.05) is 194 Å². The van der Waals surface area contributed by atoms with Crippen molar-refractivity contribution in [3.8, 4) is 73.2 Å². The molecule has 0 atom stereocenters. The normalized spacial score (nSPS) is 11.4. The van der Waals surface area contributed by atoms with Crippen molar-refractivity contribution in [3.63, 3.8) is 0 Å². The van der Waals surface area contributed by atoms with Gasteiger partial charge in [0.05, 0.1) is 11.0 Å². The van der Waals surface area contributed by atoms with Crippen molar-refractivity contribution < 1.29 is 0 Å². The van der Waals surface area contributed by atoms with E-state index in [4.69, 9.17) is 15.0 Å². The Labute approximate surface area is 342 Å². The van der Waals surface area contributed by atoms with Crippen LogP contribution in [-0.4, -0.2) is 19.5 Å². The van der Waals surface area contributed by atoms with Crippen LogP contribution in [0, 0.1) is 0 Å². The standard InChI is InChI=1S/C55H36N4/c1-5-15-37(16-6-1)44-31-33-50-48(35-44)49-36-45(38-17-7-2-8-18-38)32-34-51(49)59(50)55-57-53(42-21-11-4-12-22-42)56-54(58-55)43-29-27-40(28-30-43)47-26-14-24-41-23-13-25-46(52(41)47)39-19-9-3-10-20-39/h1-36H. The highest BCUT2D eigenvalue weighted by Crippen LogP contribution is 2.39. The summed E-state index contributed by atoms with van der Waals surface area (Å²) in [5.41, 5.74) is 13.3. The Balaban J connectivity index is 1.09. The summed E-state index contributed by atoms with van der Waals surface area (Å²) in [6, 6.07) is 77.0. The summed E-state index contributed by atoms with van der Waals surface area (Å²) in [7, 11) is 0. The van der Waals surface area contributed by atoms with E-state index in [0.717, 1.165) is 49.6 Å². The van der Waals surface area contributed by atoms with Gasteiger partial charge in [0.2, 0.25) is 5.95 Å². The molecule has 4 nitrogen and oxygen atoms in total. The summed E-state index contributed by atoms with van der Waals surface area (Å²) in [5.74, 6) is 1.80. The minimum atomic E-state index is 0.569. The van der Waals surface area contributed by atoms with Gasteiger partial charge in [-0.25, -0.2) is 4.98 Å². The van der Waals surface area contributed by atoms with Crippen LogP contribution >= 0.6 is 0 Å². The molecule has 2 heterocycles. The molecule has 0 bridgehead atoms. The zero-order chi connectivity index (χ0) is 39.1. The average molecular weight is 753 g/mol. The minimum absolute atomic E-state index is 0.569. The van der Waals surface area contributed by atoms with E-state index >= 15 is 0 Å². The van der Waals surface area contributed by atoms with E-state index in [-0.39, 0.29) is 0 Å². The van der Waals surface area contributed by atoms with E-state index in [2.05, 4.69) is 205 Å². The SMILES string of the molecule is c1ccc(-c2ccc3c(c2)c2cc(-c4ccccc4)ccc2n3-c2nc(-c3ccccc3)nc(-c3ccc(-c4cccc5cccc(-c6ccccc6)c45)cc3)n2)cc1. The summed E-state index contributed by atoms with van der Waals surface area (Å²) in [5, 5.41) is 4.72. The summed E-state index contributed by atoms with van der Waals surface area (Å²) in [6.07, 6.45) is 0. The molecule has 0 saturated heterocycles. The molecule has 0 aliphatic carbocycles. The largest absolute Gasteiger partial charge is 0.278 e. The number of fused-ring (bicyclic) bond motifs is 4. The first kappa shape index (κ1) is 34.3. The molecule has 0 amide bonds. The van der Waals surface area contributed by atoms with Gasteiger partial charge < -0.3 is 0 Å². The Kier molecular flexibility index (Phi) is 8.45. The fourth-order valence-corrected chi connectivity index (χ4v) is 8.41. The maximum atomic E-state index is 5.28. The monoisotopic (exact) mass is 752 g/mol. The zero-order valence-corrected chi connectivity index (χ0v) is 32.1. The molecule has 0 aliphatic heterocycles. The molecule has 0 unspecified atom stereocenters. The number of nitrogens with zero attached hydrogens (tertiary/aromatic N) is 4. The second kappa shape index (κ2) is 14.5. The first-order chi connectivity index (χ1) is 29.2. The lowest BCUT2D eigenvalue weighted by Crippen LogP contribution is -2.06. The number of hydrogen-bond acceptors (Lipinski definition) is 3. The molecule has 59 heavy (non-hydrogen) atoms. The molecule has 11 aromatic rings. The number of benzene rings is 9. The van der Waals surface area contributed by atoms with E-state index in [1.165, 1.54) is 38.6 Å². The number of hydrogen-bond donors (Lipinski definition) is 0. The highest BCUT2D eigenvalue weighted by molar-refractivity contribution is 6.11. The van der Waals surface area contributed by atoms with Crippen molar-refractivity contribution in [3.05, 3.63) is 218 Å². The van der Waals surface area contributed by atoms with E-state index in [1.54, 1.807) is 0 Å². The molecular formula is C55H36N4. The highest BCUT2D eigenvalue weighted by Gasteiger charge is 2.20. The molecule has 11 rings (SSSR count). The van der Waals surface area contributed by atoms with Crippen molar-refractivity contribution >= 4 is 32.6 Å². The lowest BCUT2D eigenvalue weighted by atomic mass is 9.91. The third-order valence-electron chi connectivity index (χ3n) is 11.3. The predicted molar refractivity (Wildman–Crippen MR) is 244 cm³/mol. The van der Waals surface area contributed by atoms with Gasteiger partial charge in [0, 0.05) is 21.9 Å². The zero-order valence-electron chi connectivity index (χ0n) is 32.1. The van der Waals surface area contributed by atoms with Crippen molar-refractivity contribution in [1.29, 1.82) is 0 Å². The van der Waals surface area contributed by atoms with Crippen LogP contribution in [-0.2, 0) is 0 Å². The van der Waals surface area contributed by atoms with Gasteiger partial charge in [-0.15, -0.1) is 0 Å². The van der Waals surface area contributed by atoms with E-state index in [1.807, 2.05) is 18.2 Å². The maximum absolute atomic E-state index is 5.28. The van der Waals surface area contributed by atoms with Crippen LogP contribution in [0.4, 0.5) is 0 Å². The van der Waals surface area contributed by atoms with Gasteiger partial charge >= 0.3 is 0 Å². The number of aromatic nitrogens is 4.